The molecule has 8 heteroatoms. The molecule has 0 bridgehead atoms. The average Bonchev–Trinajstić information content (AvgIpc) is 3.48. The number of pyridine rings is 1. The van der Waals surface area contributed by atoms with Crippen molar-refractivity contribution in [3.63, 3.8) is 0 Å². The number of aromatic amines is 1. The highest BCUT2D eigenvalue weighted by atomic mass is 19.4. The molecule has 2 fully saturated rings. The van der Waals surface area contributed by atoms with Crippen molar-refractivity contribution in [2.24, 2.45) is 11.8 Å². The molecule has 2 aromatic heterocycles. The molecule has 5 rings (SSSR count). The Morgan fingerprint density at radius 3 is 2.68 bits per heavy atom. The lowest BCUT2D eigenvalue weighted by molar-refractivity contribution is -0.141. The van der Waals surface area contributed by atoms with Crippen molar-refractivity contribution in [1.29, 1.82) is 0 Å². The van der Waals surface area contributed by atoms with E-state index in [1.807, 2.05) is 29.3 Å². The van der Waals surface area contributed by atoms with E-state index in [1.165, 1.54) is 6.07 Å². The standard InChI is InChI=1S/C23H24F3N5/c24-23(25,26)20-7-4-8-21(29-20)31-13-16-9-10-19(18(16)14-31)27-11-17-12-28-30-22(17)15-5-2-1-3-6-15/h1-8,12,16,18-19,27H,9-11,13-14H2,(H,28,30). The van der Waals surface area contributed by atoms with Gasteiger partial charge in [0.2, 0.25) is 0 Å². The van der Waals surface area contributed by atoms with Crippen molar-refractivity contribution >= 4 is 5.82 Å². The van der Waals surface area contributed by atoms with Crippen LogP contribution in [-0.2, 0) is 12.7 Å². The molecule has 0 radical (unpaired) electrons. The van der Waals surface area contributed by atoms with Crippen molar-refractivity contribution in [2.75, 3.05) is 18.0 Å². The SMILES string of the molecule is FC(F)(F)c1cccc(N2CC3CCC(NCc4cn[nH]c4-c4ccccc4)C3C2)n1. The van der Waals surface area contributed by atoms with Crippen LogP contribution in [0.4, 0.5) is 19.0 Å². The third-order valence-electron chi connectivity index (χ3n) is 6.54. The molecule has 1 aromatic carbocycles. The summed E-state index contributed by atoms with van der Waals surface area (Å²) < 4.78 is 39.1. The molecule has 1 aliphatic heterocycles. The summed E-state index contributed by atoms with van der Waals surface area (Å²) in [6, 6.07) is 14.6. The minimum atomic E-state index is -4.42. The van der Waals surface area contributed by atoms with E-state index in [-0.39, 0.29) is 0 Å². The Kier molecular flexibility index (Phi) is 5.17. The van der Waals surface area contributed by atoms with Crippen LogP contribution in [0.15, 0.2) is 54.7 Å². The summed E-state index contributed by atoms with van der Waals surface area (Å²) in [6.07, 6.45) is -0.404. The second kappa shape index (κ2) is 8.00. The fourth-order valence-electron chi connectivity index (χ4n) is 5.00. The monoisotopic (exact) mass is 427 g/mol. The second-order valence-corrected chi connectivity index (χ2v) is 8.41. The van der Waals surface area contributed by atoms with Crippen LogP contribution in [0.2, 0.25) is 0 Å². The molecule has 3 aromatic rings. The summed E-state index contributed by atoms with van der Waals surface area (Å²) in [5.41, 5.74) is 2.40. The zero-order valence-corrected chi connectivity index (χ0v) is 16.9. The number of rotatable bonds is 5. The van der Waals surface area contributed by atoms with Gasteiger partial charge in [-0.3, -0.25) is 5.10 Å². The van der Waals surface area contributed by atoms with Gasteiger partial charge in [0.05, 0.1) is 11.9 Å². The van der Waals surface area contributed by atoms with Crippen molar-refractivity contribution in [3.05, 3.63) is 66.0 Å². The number of nitrogens with one attached hydrogen (secondary N) is 2. The smallest absolute Gasteiger partial charge is 0.356 e. The van der Waals surface area contributed by atoms with Gasteiger partial charge in [0.15, 0.2) is 0 Å². The van der Waals surface area contributed by atoms with E-state index in [9.17, 15) is 13.2 Å². The molecule has 1 aliphatic carbocycles. The number of alkyl halides is 3. The predicted molar refractivity (Wildman–Crippen MR) is 112 cm³/mol. The van der Waals surface area contributed by atoms with Crippen molar-refractivity contribution in [2.45, 2.75) is 31.6 Å². The fraction of sp³-hybridized carbons (Fsp3) is 0.391. The lowest BCUT2D eigenvalue weighted by Gasteiger charge is -2.23. The van der Waals surface area contributed by atoms with Crippen LogP contribution in [0.1, 0.15) is 24.1 Å². The minimum Gasteiger partial charge on any atom is -0.356 e. The third kappa shape index (κ3) is 4.04. The summed E-state index contributed by atoms with van der Waals surface area (Å²) in [7, 11) is 0. The number of fused-ring (bicyclic) bond motifs is 1. The highest BCUT2D eigenvalue weighted by Crippen LogP contribution is 2.40. The third-order valence-corrected chi connectivity index (χ3v) is 6.54. The highest BCUT2D eigenvalue weighted by Gasteiger charge is 2.43. The summed E-state index contributed by atoms with van der Waals surface area (Å²) in [4.78, 5) is 5.88. The molecule has 3 heterocycles. The summed E-state index contributed by atoms with van der Waals surface area (Å²) >= 11 is 0. The van der Waals surface area contributed by atoms with Gasteiger partial charge in [-0.2, -0.15) is 18.3 Å². The molecule has 31 heavy (non-hydrogen) atoms. The molecule has 3 atom stereocenters. The van der Waals surface area contributed by atoms with Crippen LogP contribution in [-0.4, -0.2) is 34.3 Å². The number of nitrogens with zero attached hydrogens (tertiary/aromatic N) is 3. The first-order valence-corrected chi connectivity index (χ1v) is 10.6. The quantitative estimate of drug-likeness (QED) is 0.630. The second-order valence-electron chi connectivity index (χ2n) is 8.41. The maximum absolute atomic E-state index is 13.0. The number of H-pyrrole nitrogens is 1. The molecule has 1 saturated heterocycles. The van der Waals surface area contributed by atoms with Gasteiger partial charge in [-0.1, -0.05) is 36.4 Å². The van der Waals surface area contributed by atoms with E-state index < -0.39 is 11.9 Å². The number of anilines is 1. The lowest BCUT2D eigenvalue weighted by Crippen LogP contribution is -2.35. The topological polar surface area (TPSA) is 56.8 Å². The van der Waals surface area contributed by atoms with Crippen molar-refractivity contribution in [1.82, 2.24) is 20.5 Å². The maximum Gasteiger partial charge on any atom is 0.433 e. The fourth-order valence-corrected chi connectivity index (χ4v) is 5.00. The van der Waals surface area contributed by atoms with E-state index in [0.717, 1.165) is 48.8 Å². The van der Waals surface area contributed by atoms with Crippen LogP contribution in [0, 0.1) is 11.8 Å². The molecule has 2 aliphatic rings. The van der Waals surface area contributed by atoms with E-state index in [2.05, 4.69) is 32.6 Å². The summed E-state index contributed by atoms with van der Waals surface area (Å²) in [5.74, 6) is 1.30. The number of halogens is 3. The Morgan fingerprint density at radius 2 is 1.87 bits per heavy atom. The summed E-state index contributed by atoms with van der Waals surface area (Å²) in [6.45, 7) is 2.20. The number of benzene rings is 1. The highest BCUT2D eigenvalue weighted by molar-refractivity contribution is 5.62. The van der Waals surface area contributed by atoms with Gasteiger partial charge >= 0.3 is 6.18 Å². The molecule has 0 amide bonds. The predicted octanol–water partition coefficient (Wildman–Crippen LogP) is 4.50. The van der Waals surface area contributed by atoms with Crippen LogP contribution in [0.5, 0.6) is 0 Å². The van der Waals surface area contributed by atoms with Crippen LogP contribution in [0.25, 0.3) is 11.3 Å². The number of aromatic nitrogens is 3. The minimum absolute atomic E-state index is 0.333. The van der Waals surface area contributed by atoms with Gasteiger partial charge < -0.3 is 10.2 Å². The Morgan fingerprint density at radius 1 is 1.03 bits per heavy atom. The Labute approximate surface area is 178 Å². The largest absolute Gasteiger partial charge is 0.433 e. The van der Waals surface area contributed by atoms with Gasteiger partial charge in [0.1, 0.15) is 11.5 Å². The first-order valence-electron chi connectivity index (χ1n) is 10.6. The Hall–Kier alpha value is -2.87. The van der Waals surface area contributed by atoms with Gasteiger partial charge in [0.25, 0.3) is 0 Å². The maximum atomic E-state index is 13.0. The van der Waals surface area contributed by atoms with Crippen LogP contribution in [0.3, 0.4) is 0 Å². The molecule has 5 nitrogen and oxygen atoms in total. The molecule has 2 N–H and O–H groups in total. The average molecular weight is 427 g/mol. The van der Waals surface area contributed by atoms with Crippen LogP contribution < -0.4 is 10.2 Å². The molecular weight excluding hydrogens is 403 g/mol. The number of hydrogen-bond acceptors (Lipinski definition) is 4. The van der Waals surface area contributed by atoms with E-state index in [0.29, 0.717) is 30.2 Å². The molecule has 162 valence electrons. The Balaban J connectivity index is 1.25. The van der Waals surface area contributed by atoms with Gasteiger partial charge in [-0.15, -0.1) is 0 Å². The van der Waals surface area contributed by atoms with Gasteiger partial charge in [-0.25, -0.2) is 4.98 Å². The molecule has 1 saturated carbocycles. The molecule has 0 spiro atoms. The zero-order valence-electron chi connectivity index (χ0n) is 16.9. The first-order chi connectivity index (χ1) is 15.0. The first kappa shape index (κ1) is 20.1. The van der Waals surface area contributed by atoms with Gasteiger partial charge in [0, 0.05) is 31.2 Å². The molecular formula is C23H24F3N5. The molecule has 3 unspecified atom stereocenters. The van der Waals surface area contributed by atoms with E-state index >= 15 is 0 Å². The van der Waals surface area contributed by atoms with E-state index in [4.69, 9.17) is 0 Å². The summed E-state index contributed by atoms with van der Waals surface area (Å²) in [5, 5.41) is 11.0. The Bertz CT molecular complexity index is 1030. The van der Waals surface area contributed by atoms with E-state index in [1.54, 1.807) is 6.07 Å². The lowest BCUT2D eigenvalue weighted by atomic mass is 9.97. The van der Waals surface area contributed by atoms with Gasteiger partial charge in [-0.05, 0) is 42.4 Å². The van der Waals surface area contributed by atoms with Crippen molar-refractivity contribution < 1.29 is 13.2 Å². The normalized spacial score (nSPS) is 23.3. The van der Waals surface area contributed by atoms with Crippen molar-refractivity contribution in [3.8, 4) is 11.3 Å². The number of hydrogen-bond donors (Lipinski definition) is 2. The zero-order chi connectivity index (χ0) is 21.4. The van der Waals surface area contributed by atoms with Crippen LogP contribution >= 0.6 is 0 Å².